The first-order valence-electron chi connectivity index (χ1n) is 7.32. The highest BCUT2D eigenvalue weighted by Gasteiger charge is 2.82. The number of esters is 1. The molecule has 5 atom stereocenters. The van der Waals surface area contributed by atoms with E-state index < -0.39 is 51.3 Å². The molecule has 2 aliphatic carbocycles. The van der Waals surface area contributed by atoms with Gasteiger partial charge < -0.3 is 9.84 Å². The highest BCUT2D eigenvalue weighted by molar-refractivity contribution is 14.1. The molecule has 2 bridgehead atoms. The van der Waals surface area contributed by atoms with E-state index in [1.165, 1.54) is 0 Å². The zero-order valence-corrected chi connectivity index (χ0v) is 14.7. The molecule has 1 N–H and O–H groups in total. The van der Waals surface area contributed by atoms with Crippen molar-refractivity contribution in [2.75, 3.05) is 6.61 Å². The molecule has 0 spiro atoms. The smallest absolute Gasteiger partial charge is 0.423 e. The van der Waals surface area contributed by atoms with Gasteiger partial charge in [-0.1, -0.05) is 29.5 Å². The summed E-state index contributed by atoms with van der Waals surface area (Å²) in [5.74, 6) is -8.92. The largest absolute Gasteiger partial charge is 0.464 e. The van der Waals surface area contributed by atoms with Gasteiger partial charge in [-0.3, -0.25) is 4.79 Å². The third-order valence-corrected chi connectivity index (χ3v) is 6.41. The van der Waals surface area contributed by atoms with Crippen molar-refractivity contribution < 1.29 is 36.6 Å². The van der Waals surface area contributed by atoms with Gasteiger partial charge in [-0.2, -0.15) is 13.2 Å². The number of aliphatic hydroxyl groups is 1. The van der Waals surface area contributed by atoms with Crippen molar-refractivity contribution in [1.82, 2.24) is 0 Å². The van der Waals surface area contributed by atoms with Crippen LogP contribution in [0.5, 0.6) is 0 Å². The fourth-order valence-electron chi connectivity index (χ4n) is 3.55. The van der Waals surface area contributed by atoms with Crippen molar-refractivity contribution in [2.45, 2.75) is 54.2 Å². The summed E-state index contributed by atoms with van der Waals surface area (Å²) in [5, 5.41) is 9.77. The van der Waals surface area contributed by atoms with Crippen LogP contribution in [0.15, 0.2) is 0 Å². The van der Waals surface area contributed by atoms with E-state index in [-0.39, 0.29) is 13.0 Å². The Hall–Kier alpha value is -0.190. The standard InChI is InChI=1S/C14H18F5IO3/c1-3-11(2,20)10(21)23-6-7-4-8-5-9(7)12(22,13(8,15)16)14(17,18)19/h7-9,22H,3-6H2,1-2H3. The maximum atomic E-state index is 13.9. The van der Waals surface area contributed by atoms with Gasteiger partial charge in [-0.15, -0.1) is 0 Å². The zero-order chi connectivity index (χ0) is 17.8. The van der Waals surface area contributed by atoms with Gasteiger partial charge >= 0.3 is 12.1 Å². The Bertz CT molecular complexity index is 493. The first-order valence-corrected chi connectivity index (χ1v) is 8.40. The van der Waals surface area contributed by atoms with Gasteiger partial charge in [0.15, 0.2) is 0 Å². The fraction of sp³-hybridized carbons (Fsp3) is 0.929. The Kier molecular flexibility index (Phi) is 4.72. The molecule has 0 aliphatic heterocycles. The minimum atomic E-state index is -5.43. The minimum Gasteiger partial charge on any atom is -0.464 e. The molecular formula is C14H18F5IO3. The van der Waals surface area contributed by atoms with Gasteiger partial charge in [-0.25, -0.2) is 8.78 Å². The molecule has 134 valence electrons. The molecule has 9 heteroatoms. The quantitative estimate of drug-likeness (QED) is 0.304. The number of rotatable bonds is 4. The van der Waals surface area contributed by atoms with Crippen LogP contribution in [0, 0.1) is 17.8 Å². The number of alkyl halides is 6. The summed E-state index contributed by atoms with van der Waals surface area (Å²) in [7, 11) is 0. The Balaban J connectivity index is 2.13. The van der Waals surface area contributed by atoms with Crippen molar-refractivity contribution in [2.24, 2.45) is 17.8 Å². The third kappa shape index (κ3) is 2.75. The molecule has 0 radical (unpaired) electrons. The van der Waals surface area contributed by atoms with Gasteiger partial charge in [0.2, 0.25) is 5.60 Å². The monoisotopic (exact) mass is 456 g/mol. The number of carbonyl (C=O) groups excluding carboxylic acids is 1. The summed E-state index contributed by atoms with van der Waals surface area (Å²) >= 11 is 1.88. The Morgan fingerprint density at radius 3 is 2.35 bits per heavy atom. The van der Waals surface area contributed by atoms with Crippen molar-refractivity contribution in [3.8, 4) is 0 Å². The van der Waals surface area contributed by atoms with Gasteiger partial charge in [0.05, 0.1) is 6.61 Å². The molecule has 0 aromatic rings. The Morgan fingerprint density at radius 1 is 1.35 bits per heavy atom. The van der Waals surface area contributed by atoms with Crippen molar-refractivity contribution in [3.05, 3.63) is 0 Å². The van der Waals surface area contributed by atoms with Crippen molar-refractivity contribution in [3.63, 3.8) is 0 Å². The topological polar surface area (TPSA) is 46.5 Å². The van der Waals surface area contributed by atoms with Gasteiger partial charge in [0.25, 0.3) is 5.92 Å². The molecule has 0 heterocycles. The molecule has 23 heavy (non-hydrogen) atoms. The summed E-state index contributed by atoms with van der Waals surface area (Å²) in [6.07, 6.45) is -5.57. The van der Waals surface area contributed by atoms with Gasteiger partial charge in [0, 0.05) is 11.8 Å². The Morgan fingerprint density at radius 2 is 1.91 bits per heavy atom. The van der Waals surface area contributed by atoms with Crippen LogP contribution >= 0.6 is 22.6 Å². The lowest BCUT2D eigenvalue weighted by atomic mass is 9.74. The normalized spacial score (nSPS) is 38.4. The van der Waals surface area contributed by atoms with Crippen LogP contribution in [0.1, 0.15) is 33.1 Å². The van der Waals surface area contributed by atoms with E-state index in [0.717, 1.165) is 0 Å². The first kappa shape index (κ1) is 19.1. The highest BCUT2D eigenvalue weighted by Crippen LogP contribution is 2.66. The second-order valence-electron chi connectivity index (χ2n) is 6.57. The molecular weight excluding hydrogens is 438 g/mol. The van der Waals surface area contributed by atoms with Crippen molar-refractivity contribution >= 4 is 28.6 Å². The lowest BCUT2D eigenvalue weighted by Crippen LogP contribution is -2.64. The number of halogens is 6. The first-order chi connectivity index (χ1) is 10.3. The lowest BCUT2D eigenvalue weighted by molar-refractivity contribution is -0.353. The average Bonchev–Trinajstić information content (AvgIpc) is 2.93. The van der Waals surface area contributed by atoms with Crippen LogP contribution < -0.4 is 0 Å². The zero-order valence-electron chi connectivity index (χ0n) is 12.6. The van der Waals surface area contributed by atoms with Crippen LogP contribution in [0.3, 0.4) is 0 Å². The molecule has 5 unspecified atom stereocenters. The highest BCUT2D eigenvalue weighted by atomic mass is 127. The van der Waals surface area contributed by atoms with E-state index in [1.807, 2.05) is 22.6 Å². The summed E-state index contributed by atoms with van der Waals surface area (Å²) in [6, 6.07) is 0. The van der Waals surface area contributed by atoms with E-state index in [4.69, 9.17) is 4.74 Å². The average molecular weight is 456 g/mol. The van der Waals surface area contributed by atoms with Gasteiger partial charge in [-0.05, 0) is 32.1 Å². The van der Waals surface area contributed by atoms with Crippen LogP contribution in [0.2, 0.25) is 0 Å². The second-order valence-corrected chi connectivity index (χ2v) is 8.95. The van der Waals surface area contributed by atoms with E-state index in [9.17, 15) is 31.9 Å². The van der Waals surface area contributed by atoms with E-state index in [1.54, 1.807) is 13.8 Å². The molecule has 0 saturated heterocycles. The van der Waals surface area contributed by atoms with Crippen LogP contribution in [-0.4, -0.2) is 38.8 Å². The number of fused-ring (bicyclic) bond motifs is 2. The van der Waals surface area contributed by atoms with Crippen LogP contribution in [0.4, 0.5) is 22.0 Å². The molecule has 0 aromatic heterocycles. The fourth-order valence-corrected chi connectivity index (χ4v) is 3.71. The molecule has 0 aromatic carbocycles. The summed E-state index contributed by atoms with van der Waals surface area (Å²) in [5.41, 5.74) is -4.04. The van der Waals surface area contributed by atoms with Gasteiger partial charge in [0.1, 0.15) is 3.42 Å². The number of hydrogen-bond donors (Lipinski definition) is 1. The predicted octanol–water partition coefficient (Wildman–Crippen LogP) is 3.72. The maximum absolute atomic E-state index is 13.9. The second kappa shape index (κ2) is 5.67. The number of carbonyl (C=O) groups is 1. The maximum Gasteiger partial charge on any atom is 0.423 e. The number of hydrogen-bond acceptors (Lipinski definition) is 3. The minimum absolute atomic E-state index is 0.187. The summed E-state index contributed by atoms with van der Waals surface area (Å²) in [6.45, 7) is 3.00. The molecule has 2 saturated carbocycles. The number of ether oxygens (including phenoxy) is 1. The SMILES string of the molecule is CCC(C)(I)C(=O)OCC1CC2CC1C(O)(C(F)(F)F)C2(F)F. The van der Waals surface area contributed by atoms with E-state index >= 15 is 0 Å². The van der Waals surface area contributed by atoms with Crippen molar-refractivity contribution in [1.29, 1.82) is 0 Å². The molecule has 0 amide bonds. The Labute approximate surface area is 144 Å². The third-order valence-electron chi connectivity index (χ3n) is 5.20. The summed E-state index contributed by atoms with van der Waals surface area (Å²) < 4.78 is 71.3. The van der Waals surface area contributed by atoms with Crippen LogP contribution in [-0.2, 0) is 9.53 Å². The van der Waals surface area contributed by atoms with Crippen LogP contribution in [0.25, 0.3) is 0 Å². The van der Waals surface area contributed by atoms with E-state index in [0.29, 0.717) is 6.42 Å². The molecule has 2 fully saturated rings. The molecule has 2 rings (SSSR count). The van der Waals surface area contributed by atoms with E-state index in [2.05, 4.69) is 0 Å². The molecule has 2 aliphatic rings. The molecule has 3 nitrogen and oxygen atoms in total. The lowest BCUT2D eigenvalue weighted by Gasteiger charge is -2.43. The summed E-state index contributed by atoms with van der Waals surface area (Å²) in [4.78, 5) is 11.9. The predicted molar refractivity (Wildman–Crippen MR) is 79.3 cm³/mol.